The number of hydrogen-bond donors (Lipinski definition) is 1. The number of nitrogens with zero attached hydrogens (tertiary/aromatic N) is 1. The topological polar surface area (TPSA) is 38.9 Å². The molecule has 1 aromatic heterocycles. The van der Waals surface area contributed by atoms with E-state index in [-0.39, 0.29) is 6.04 Å². The summed E-state index contributed by atoms with van der Waals surface area (Å²) in [5.41, 5.74) is 11.1. The summed E-state index contributed by atoms with van der Waals surface area (Å²) in [5.74, 6) is 0. The molecule has 1 atom stereocenters. The molecule has 0 fully saturated rings. The van der Waals surface area contributed by atoms with Crippen LogP contribution < -0.4 is 5.73 Å². The Hall–Kier alpha value is -1.71. The van der Waals surface area contributed by atoms with Crippen LogP contribution in [0.3, 0.4) is 0 Å². The third-order valence-corrected chi connectivity index (χ3v) is 4.30. The highest BCUT2D eigenvalue weighted by molar-refractivity contribution is 9.10. The van der Waals surface area contributed by atoms with Crippen molar-refractivity contribution < 1.29 is 0 Å². The van der Waals surface area contributed by atoms with Crippen molar-refractivity contribution in [2.75, 3.05) is 0 Å². The zero-order valence-corrected chi connectivity index (χ0v) is 13.5. The van der Waals surface area contributed by atoms with E-state index < -0.39 is 0 Å². The second-order valence-electron chi connectivity index (χ2n) is 5.30. The molecule has 0 aliphatic rings. The first-order valence-corrected chi connectivity index (χ1v) is 7.78. The largest absolute Gasteiger partial charge is 0.324 e. The Morgan fingerprint density at radius 1 is 1.14 bits per heavy atom. The highest BCUT2D eigenvalue weighted by Crippen LogP contribution is 2.25. The first kappa shape index (κ1) is 14.2. The summed E-state index contributed by atoms with van der Waals surface area (Å²) in [6.45, 7) is 2.10. The number of benzene rings is 2. The normalized spacial score (nSPS) is 12.5. The molecule has 3 heteroatoms. The van der Waals surface area contributed by atoms with E-state index in [0.717, 1.165) is 16.4 Å². The minimum atomic E-state index is -0.0103. The third-order valence-electron chi connectivity index (χ3n) is 3.81. The standard InChI is InChI=1S/C18H17BrN2/c1-12-10-14(19)6-7-15(12)17(20)11-13-8-9-21-18-5-3-2-4-16(13)18/h2-10,17H,11,20H2,1H3. The van der Waals surface area contributed by atoms with Gasteiger partial charge in [0.2, 0.25) is 0 Å². The Morgan fingerprint density at radius 3 is 2.76 bits per heavy atom. The van der Waals surface area contributed by atoms with Crippen LogP contribution in [0, 0.1) is 6.92 Å². The van der Waals surface area contributed by atoms with Gasteiger partial charge in [0.15, 0.2) is 0 Å². The molecule has 0 amide bonds. The van der Waals surface area contributed by atoms with Crippen molar-refractivity contribution in [2.45, 2.75) is 19.4 Å². The third kappa shape index (κ3) is 2.99. The maximum Gasteiger partial charge on any atom is 0.0704 e. The van der Waals surface area contributed by atoms with Crippen LogP contribution in [0.25, 0.3) is 10.9 Å². The fraction of sp³-hybridized carbons (Fsp3) is 0.167. The lowest BCUT2D eigenvalue weighted by Crippen LogP contribution is -2.15. The lowest BCUT2D eigenvalue weighted by Gasteiger charge is -2.16. The molecule has 1 heterocycles. The van der Waals surface area contributed by atoms with E-state index in [0.29, 0.717) is 0 Å². The van der Waals surface area contributed by atoms with Crippen LogP contribution in [-0.2, 0) is 6.42 Å². The summed E-state index contributed by atoms with van der Waals surface area (Å²) in [6.07, 6.45) is 2.67. The summed E-state index contributed by atoms with van der Waals surface area (Å²) < 4.78 is 1.09. The van der Waals surface area contributed by atoms with Gasteiger partial charge < -0.3 is 5.73 Å². The van der Waals surface area contributed by atoms with Crippen molar-refractivity contribution in [1.29, 1.82) is 0 Å². The fourth-order valence-corrected chi connectivity index (χ4v) is 3.21. The minimum Gasteiger partial charge on any atom is -0.324 e. The molecule has 2 nitrogen and oxygen atoms in total. The number of aryl methyl sites for hydroxylation is 1. The zero-order valence-electron chi connectivity index (χ0n) is 11.9. The number of rotatable bonds is 3. The lowest BCUT2D eigenvalue weighted by atomic mass is 9.95. The van der Waals surface area contributed by atoms with E-state index in [1.807, 2.05) is 30.5 Å². The predicted octanol–water partition coefficient (Wildman–Crippen LogP) is 4.55. The van der Waals surface area contributed by atoms with Gasteiger partial charge in [-0.15, -0.1) is 0 Å². The van der Waals surface area contributed by atoms with Crippen molar-refractivity contribution in [1.82, 2.24) is 4.98 Å². The van der Waals surface area contributed by atoms with Gasteiger partial charge in [-0.1, -0.05) is 40.2 Å². The second-order valence-corrected chi connectivity index (χ2v) is 6.21. The van der Waals surface area contributed by atoms with Crippen LogP contribution in [0.2, 0.25) is 0 Å². The Balaban J connectivity index is 1.94. The van der Waals surface area contributed by atoms with Gasteiger partial charge in [0.05, 0.1) is 5.52 Å². The summed E-state index contributed by atoms with van der Waals surface area (Å²) >= 11 is 3.50. The lowest BCUT2D eigenvalue weighted by molar-refractivity contribution is 0.719. The van der Waals surface area contributed by atoms with E-state index in [9.17, 15) is 0 Å². The van der Waals surface area contributed by atoms with Gasteiger partial charge in [0.1, 0.15) is 0 Å². The molecule has 2 aromatic carbocycles. The fourth-order valence-electron chi connectivity index (χ4n) is 2.74. The quantitative estimate of drug-likeness (QED) is 0.759. The van der Waals surface area contributed by atoms with Crippen LogP contribution in [0.4, 0.5) is 0 Å². The van der Waals surface area contributed by atoms with E-state index in [4.69, 9.17) is 5.73 Å². The van der Waals surface area contributed by atoms with E-state index in [2.05, 4.69) is 52.1 Å². The average molecular weight is 341 g/mol. The van der Waals surface area contributed by atoms with Gasteiger partial charge in [0, 0.05) is 22.1 Å². The molecule has 0 spiro atoms. The number of aromatic nitrogens is 1. The predicted molar refractivity (Wildman–Crippen MR) is 91.3 cm³/mol. The van der Waals surface area contributed by atoms with Gasteiger partial charge in [-0.25, -0.2) is 0 Å². The molecule has 2 N–H and O–H groups in total. The highest BCUT2D eigenvalue weighted by Gasteiger charge is 2.12. The average Bonchev–Trinajstić information content (AvgIpc) is 2.47. The highest BCUT2D eigenvalue weighted by atomic mass is 79.9. The van der Waals surface area contributed by atoms with E-state index in [1.165, 1.54) is 22.1 Å². The summed E-state index contributed by atoms with van der Waals surface area (Å²) in [4.78, 5) is 4.40. The van der Waals surface area contributed by atoms with E-state index in [1.54, 1.807) is 0 Å². The van der Waals surface area contributed by atoms with Gasteiger partial charge in [-0.05, 0) is 54.3 Å². The van der Waals surface area contributed by atoms with Crippen molar-refractivity contribution in [3.8, 4) is 0 Å². The second kappa shape index (κ2) is 5.96. The number of nitrogens with two attached hydrogens (primary N) is 1. The Bertz CT molecular complexity index is 778. The van der Waals surface area contributed by atoms with Crippen molar-refractivity contribution in [3.05, 3.63) is 75.9 Å². The molecule has 3 aromatic rings. The minimum absolute atomic E-state index is 0.0103. The number of halogens is 1. The van der Waals surface area contributed by atoms with Crippen LogP contribution >= 0.6 is 15.9 Å². The molecular formula is C18H17BrN2. The summed E-state index contributed by atoms with van der Waals surface area (Å²) in [5, 5.41) is 1.19. The smallest absolute Gasteiger partial charge is 0.0704 e. The Morgan fingerprint density at radius 2 is 1.95 bits per heavy atom. The molecule has 21 heavy (non-hydrogen) atoms. The molecule has 0 saturated carbocycles. The number of para-hydroxylation sites is 1. The Kier molecular flexibility index (Phi) is 4.04. The van der Waals surface area contributed by atoms with Gasteiger partial charge >= 0.3 is 0 Å². The van der Waals surface area contributed by atoms with Gasteiger partial charge in [0.25, 0.3) is 0 Å². The van der Waals surface area contributed by atoms with Crippen LogP contribution in [-0.4, -0.2) is 4.98 Å². The molecule has 106 valence electrons. The zero-order chi connectivity index (χ0) is 14.8. The number of pyridine rings is 1. The first-order chi connectivity index (χ1) is 10.1. The number of hydrogen-bond acceptors (Lipinski definition) is 2. The molecular weight excluding hydrogens is 324 g/mol. The SMILES string of the molecule is Cc1cc(Br)ccc1C(N)Cc1ccnc2ccccc12. The molecule has 0 radical (unpaired) electrons. The van der Waals surface area contributed by atoms with Crippen molar-refractivity contribution in [3.63, 3.8) is 0 Å². The molecule has 3 rings (SSSR count). The van der Waals surface area contributed by atoms with Crippen LogP contribution in [0.15, 0.2) is 59.2 Å². The van der Waals surface area contributed by atoms with Crippen molar-refractivity contribution >= 4 is 26.8 Å². The maximum absolute atomic E-state index is 6.43. The molecule has 0 aliphatic carbocycles. The van der Waals surface area contributed by atoms with E-state index >= 15 is 0 Å². The molecule has 0 saturated heterocycles. The molecule has 1 unspecified atom stereocenters. The first-order valence-electron chi connectivity index (χ1n) is 6.99. The maximum atomic E-state index is 6.43. The monoisotopic (exact) mass is 340 g/mol. The van der Waals surface area contributed by atoms with Gasteiger partial charge in [-0.2, -0.15) is 0 Å². The Labute approximate surface area is 133 Å². The van der Waals surface area contributed by atoms with Crippen molar-refractivity contribution in [2.24, 2.45) is 5.73 Å². The summed E-state index contributed by atoms with van der Waals surface area (Å²) in [7, 11) is 0. The molecule has 0 aliphatic heterocycles. The van der Waals surface area contributed by atoms with Gasteiger partial charge in [-0.3, -0.25) is 4.98 Å². The summed E-state index contributed by atoms with van der Waals surface area (Å²) in [6, 6.07) is 16.5. The van der Waals surface area contributed by atoms with Crippen LogP contribution in [0.5, 0.6) is 0 Å². The number of fused-ring (bicyclic) bond motifs is 1. The van der Waals surface area contributed by atoms with Crippen LogP contribution in [0.1, 0.15) is 22.7 Å². The molecule has 0 bridgehead atoms.